The molecule has 1 aliphatic rings. The summed E-state index contributed by atoms with van der Waals surface area (Å²) in [6.07, 6.45) is 2.02. The number of carbonyl (C=O) groups excluding carboxylic acids is 1. The molecule has 1 aromatic heterocycles. The van der Waals surface area contributed by atoms with Crippen LogP contribution in [0.5, 0.6) is 0 Å². The molecule has 1 saturated heterocycles. The van der Waals surface area contributed by atoms with E-state index >= 15 is 0 Å². The lowest BCUT2D eigenvalue weighted by Gasteiger charge is -2.32. The molecule has 0 aliphatic carbocycles. The first-order valence-corrected chi connectivity index (χ1v) is 6.64. The molecule has 1 aromatic rings. The van der Waals surface area contributed by atoms with Crippen LogP contribution in [0.25, 0.3) is 0 Å². The number of nitrogens with zero attached hydrogens (tertiary/aromatic N) is 2. The molecule has 0 aromatic carbocycles. The number of piperidine rings is 1. The summed E-state index contributed by atoms with van der Waals surface area (Å²) in [4.78, 5) is 24.5. The lowest BCUT2D eigenvalue weighted by molar-refractivity contribution is -0.380. The molecule has 2 heterocycles. The summed E-state index contributed by atoms with van der Waals surface area (Å²) in [6.45, 7) is 1.39. The normalized spacial score (nSPS) is 19.8. The van der Waals surface area contributed by atoms with E-state index < -0.39 is 4.92 Å². The fourth-order valence-corrected chi connectivity index (χ4v) is 2.88. The molecule has 7 heteroatoms. The maximum absolute atomic E-state index is 12.2. The predicted molar refractivity (Wildman–Crippen MR) is 69.0 cm³/mol. The van der Waals surface area contributed by atoms with Crippen LogP contribution in [0, 0.1) is 10.1 Å². The Labute approximate surface area is 109 Å². The first kappa shape index (κ1) is 13.0. The van der Waals surface area contributed by atoms with Crippen LogP contribution in [-0.2, 0) is 0 Å². The van der Waals surface area contributed by atoms with Gasteiger partial charge in [0.1, 0.15) is 0 Å². The number of nitro groups is 1. The molecule has 0 saturated carbocycles. The van der Waals surface area contributed by atoms with E-state index in [0.29, 0.717) is 17.5 Å². The Bertz CT molecular complexity index is 460. The Balaban J connectivity index is 2.07. The Morgan fingerprint density at radius 2 is 2.39 bits per heavy atom. The van der Waals surface area contributed by atoms with Gasteiger partial charge in [0.15, 0.2) is 0 Å². The summed E-state index contributed by atoms with van der Waals surface area (Å²) in [5.41, 5.74) is 0. The largest absolute Gasteiger partial charge is 0.336 e. The van der Waals surface area contributed by atoms with Crippen molar-refractivity contribution in [3.05, 3.63) is 27.1 Å². The lowest BCUT2D eigenvalue weighted by Crippen LogP contribution is -2.46. The fraction of sp³-hybridized carbons (Fsp3) is 0.545. The van der Waals surface area contributed by atoms with E-state index in [1.165, 1.54) is 12.1 Å². The molecular formula is C11H15N3O3S. The maximum Gasteiger partial charge on any atom is 0.324 e. The van der Waals surface area contributed by atoms with Crippen LogP contribution >= 0.6 is 11.3 Å². The van der Waals surface area contributed by atoms with E-state index in [0.717, 1.165) is 30.7 Å². The monoisotopic (exact) mass is 269 g/mol. The van der Waals surface area contributed by atoms with Crippen LogP contribution in [-0.4, -0.2) is 41.9 Å². The smallest absolute Gasteiger partial charge is 0.324 e. The Morgan fingerprint density at radius 1 is 1.61 bits per heavy atom. The molecule has 6 nitrogen and oxygen atoms in total. The van der Waals surface area contributed by atoms with Crippen LogP contribution < -0.4 is 5.32 Å². The van der Waals surface area contributed by atoms with E-state index in [1.54, 1.807) is 4.90 Å². The van der Waals surface area contributed by atoms with E-state index in [9.17, 15) is 14.9 Å². The number of nitrogens with one attached hydrogen (secondary N) is 1. The van der Waals surface area contributed by atoms with E-state index in [4.69, 9.17) is 0 Å². The molecule has 1 fully saturated rings. The van der Waals surface area contributed by atoms with E-state index in [2.05, 4.69) is 5.32 Å². The van der Waals surface area contributed by atoms with Crippen LogP contribution in [0.15, 0.2) is 12.1 Å². The Hall–Kier alpha value is -1.47. The molecule has 1 unspecified atom stereocenters. The number of rotatable bonds is 3. The number of hydrogen-bond acceptors (Lipinski definition) is 5. The molecule has 1 N–H and O–H groups in total. The van der Waals surface area contributed by atoms with Gasteiger partial charge < -0.3 is 10.2 Å². The first-order chi connectivity index (χ1) is 8.61. The van der Waals surface area contributed by atoms with E-state index in [1.807, 2.05) is 7.05 Å². The van der Waals surface area contributed by atoms with Gasteiger partial charge in [-0.3, -0.25) is 14.9 Å². The van der Waals surface area contributed by atoms with Crippen molar-refractivity contribution in [1.82, 2.24) is 10.2 Å². The number of amides is 1. The third kappa shape index (κ3) is 2.68. The Kier molecular flexibility index (Phi) is 3.93. The van der Waals surface area contributed by atoms with Crippen LogP contribution in [0.1, 0.15) is 22.5 Å². The van der Waals surface area contributed by atoms with E-state index in [-0.39, 0.29) is 10.9 Å². The summed E-state index contributed by atoms with van der Waals surface area (Å²) in [5, 5.41) is 13.8. The van der Waals surface area contributed by atoms with Crippen LogP contribution in [0.4, 0.5) is 5.00 Å². The molecule has 18 heavy (non-hydrogen) atoms. The Morgan fingerprint density at radius 3 is 3.00 bits per heavy atom. The zero-order chi connectivity index (χ0) is 13.1. The second-order valence-corrected chi connectivity index (χ2v) is 5.34. The van der Waals surface area contributed by atoms with Crippen molar-refractivity contribution in [3.63, 3.8) is 0 Å². The molecule has 2 rings (SSSR count). The quantitative estimate of drug-likeness (QED) is 0.666. The van der Waals surface area contributed by atoms with Crippen molar-refractivity contribution in [1.29, 1.82) is 0 Å². The summed E-state index contributed by atoms with van der Waals surface area (Å²) < 4.78 is 0. The first-order valence-electron chi connectivity index (χ1n) is 5.82. The minimum Gasteiger partial charge on any atom is -0.336 e. The summed E-state index contributed by atoms with van der Waals surface area (Å²) in [6, 6.07) is 3.24. The van der Waals surface area contributed by atoms with Gasteiger partial charge in [0.05, 0.1) is 9.80 Å². The number of likely N-dealkylation sites (tertiary alicyclic amines) is 1. The van der Waals surface area contributed by atoms with Crippen molar-refractivity contribution < 1.29 is 9.72 Å². The molecule has 0 bridgehead atoms. The number of hydrogen-bond donors (Lipinski definition) is 1. The fourth-order valence-electron chi connectivity index (χ4n) is 2.09. The lowest BCUT2D eigenvalue weighted by atomic mass is 10.1. The van der Waals surface area contributed by atoms with Crippen LogP contribution in [0.2, 0.25) is 0 Å². The third-order valence-corrected chi connectivity index (χ3v) is 4.12. The third-order valence-electron chi connectivity index (χ3n) is 3.10. The average molecular weight is 269 g/mol. The second kappa shape index (κ2) is 5.45. The van der Waals surface area contributed by atoms with Gasteiger partial charge in [-0.15, -0.1) is 0 Å². The summed E-state index contributed by atoms with van der Waals surface area (Å²) in [7, 11) is 1.88. The average Bonchev–Trinajstić information content (AvgIpc) is 2.87. The molecular weight excluding hydrogens is 254 g/mol. The van der Waals surface area contributed by atoms with Gasteiger partial charge in [0, 0.05) is 25.2 Å². The van der Waals surface area contributed by atoms with Gasteiger partial charge in [-0.05, 0) is 26.0 Å². The van der Waals surface area contributed by atoms with Crippen molar-refractivity contribution in [2.24, 2.45) is 0 Å². The summed E-state index contributed by atoms with van der Waals surface area (Å²) >= 11 is 0.941. The molecule has 0 spiro atoms. The standard InChI is InChI=1S/C11H15N3O3S/c1-12-8-3-2-6-13(7-8)11(15)9-4-5-10(18-9)14(16)17/h4-5,8,12H,2-3,6-7H2,1H3. The van der Waals surface area contributed by atoms with Gasteiger partial charge in [-0.1, -0.05) is 11.3 Å². The molecule has 1 aliphatic heterocycles. The minimum atomic E-state index is -0.464. The molecule has 98 valence electrons. The van der Waals surface area contributed by atoms with Crippen molar-refractivity contribution >= 4 is 22.2 Å². The van der Waals surface area contributed by atoms with Crippen molar-refractivity contribution in [2.45, 2.75) is 18.9 Å². The van der Waals surface area contributed by atoms with Crippen molar-refractivity contribution in [2.75, 3.05) is 20.1 Å². The van der Waals surface area contributed by atoms with Gasteiger partial charge >= 0.3 is 5.00 Å². The zero-order valence-electron chi connectivity index (χ0n) is 10.1. The zero-order valence-corrected chi connectivity index (χ0v) is 10.9. The predicted octanol–water partition coefficient (Wildman–Crippen LogP) is 1.48. The van der Waals surface area contributed by atoms with Crippen molar-refractivity contribution in [3.8, 4) is 0 Å². The second-order valence-electron chi connectivity index (χ2n) is 4.27. The topological polar surface area (TPSA) is 75.5 Å². The number of carbonyl (C=O) groups is 1. The minimum absolute atomic E-state index is 0.0144. The number of likely N-dealkylation sites (N-methyl/N-ethyl adjacent to an activating group) is 1. The molecule has 1 amide bonds. The maximum atomic E-state index is 12.2. The SMILES string of the molecule is CNC1CCCN(C(=O)c2ccc([N+](=O)[O-])s2)C1. The number of thiophene rings is 1. The highest BCUT2D eigenvalue weighted by Gasteiger charge is 2.25. The van der Waals surface area contributed by atoms with Gasteiger partial charge in [-0.25, -0.2) is 0 Å². The molecule has 1 atom stereocenters. The van der Waals surface area contributed by atoms with Gasteiger partial charge in [0.25, 0.3) is 5.91 Å². The molecule has 0 radical (unpaired) electrons. The summed E-state index contributed by atoms with van der Waals surface area (Å²) in [5.74, 6) is -0.104. The van der Waals surface area contributed by atoms with Gasteiger partial charge in [-0.2, -0.15) is 0 Å². The highest BCUT2D eigenvalue weighted by atomic mass is 32.1. The highest BCUT2D eigenvalue weighted by Crippen LogP contribution is 2.26. The van der Waals surface area contributed by atoms with Gasteiger partial charge in [0.2, 0.25) is 0 Å². The highest BCUT2D eigenvalue weighted by molar-refractivity contribution is 7.17. The van der Waals surface area contributed by atoms with Crippen LogP contribution in [0.3, 0.4) is 0 Å².